The lowest BCUT2D eigenvalue weighted by Gasteiger charge is -2.12. The lowest BCUT2D eigenvalue weighted by atomic mass is 10.0. The number of aromatic nitrogens is 1. The molecule has 7 nitrogen and oxygen atoms in total. The summed E-state index contributed by atoms with van der Waals surface area (Å²) in [5, 5.41) is 13.9. The molecule has 7 heteroatoms. The molecule has 0 unspecified atom stereocenters. The van der Waals surface area contributed by atoms with Crippen LogP contribution >= 0.6 is 0 Å². The fourth-order valence-corrected chi connectivity index (χ4v) is 3.18. The van der Waals surface area contributed by atoms with Crippen molar-refractivity contribution in [1.82, 2.24) is 5.16 Å². The second-order valence-corrected chi connectivity index (χ2v) is 6.86. The number of fused-ring (bicyclic) bond motifs is 1. The van der Waals surface area contributed by atoms with Gasteiger partial charge in [0.25, 0.3) is 0 Å². The normalized spacial score (nSPS) is 10.9. The van der Waals surface area contributed by atoms with Crippen LogP contribution in [0.5, 0.6) is 17.2 Å². The Morgan fingerprint density at radius 3 is 2.37 bits per heavy atom. The smallest absolute Gasteiger partial charge is 0.341 e. The molecule has 3 aromatic rings. The van der Waals surface area contributed by atoms with Crippen LogP contribution in [0.3, 0.4) is 0 Å². The van der Waals surface area contributed by atoms with Crippen molar-refractivity contribution in [2.45, 2.75) is 39.5 Å². The van der Waals surface area contributed by atoms with Gasteiger partial charge in [0.2, 0.25) is 0 Å². The van der Waals surface area contributed by atoms with Crippen molar-refractivity contribution >= 4 is 16.9 Å². The van der Waals surface area contributed by atoms with Crippen LogP contribution in [0.1, 0.15) is 37.9 Å². The third-order valence-electron chi connectivity index (χ3n) is 4.61. The standard InChI is InChI=1S/C23H27NO6/c1-3-6-19-21(12-11-18-20(4-2)24-30-23(18)19)28-14-5-13-27-16-7-9-17(10-8-16)29-15-22(25)26/h7-12H,3-6,13-15H2,1-2H3,(H,25,26). The Balaban J connectivity index is 1.50. The summed E-state index contributed by atoms with van der Waals surface area (Å²) in [6, 6.07) is 10.9. The Morgan fingerprint density at radius 1 is 1.00 bits per heavy atom. The third-order valence-corrected chi connectivity index (χ3v) is 4.61. The molecule has 1 N–H and O–H groups in total. The van der Waals surface area contributed by atoms with Crippen molar-refractivity contribution in [1.29, 1.82) is 0 Å². The van der Waals surface area contributed by atoms with Gasteiger partial charge in [0.1, 0.15) is 17.2 Å². The van der Waals surface area contributed by atoms with Crippen molar-refractivity contribution in [2.75, 3.05) is 19.8 Å². The number of rotatable bonds is 12. The van der Waals surface area contributed by atoms with Crippen LogP contribution in [0, 0.1) is 0 Å². The van der Waals surface area contributed by atoms with Crippen LogP contribution in [-0.4, -0.2) is 36.1 Å². The largest absolute Gasteiger partial charge is 0.493 e. The predicted molar refractivity (Wildman–Crippen MR) is 113 cm³/mol. The van der Waals surface area contributed by atoms with Gasteiger partial charge in [-0.25, -0.2) is 4.79 Å². The summed E-state index contributed by atoms with van der Waals surface area (Å²) >= 11 is 0. The van der Waals surface area contributed by atoms with Crippen LogP contribution in [0.2, 0.25) is 0 Å². The highest BCUT2D eigenvalue weighted by atomic mass is 16.5. The number of carboxylic acid groups (broad SMARTS) is 1. The molecule has 0 fully saturated rings. The third kappa shape index (κ3) is 5.43. The van der Waals surface area contributed by atoms with Gasteiger partial charge in [-0.15, -0.1) is 0 Å². The molecule has 160 valence electrons. The lowest BCUT2D eigenvalue weighted by Crippen LogP contribution is -2.09. The minimum atomic E-state index is -1.01. The van der Waals surface area contributed by atoms with E-state index in [2.05, 4.69) is 19.0 Å². The highest BCUT2D eigenvalue weighted by molar-refractivity contribution is 5.84. The van der Waals surface area contributed by atoms with Crippen molar-refractivity contribution < 1.29 is 28.6 Å². The number of hydrogen-bond donors (Lipinski definition) is 1. The van der Waals surface area contributed by atoms with Gasteiger partial charge in [-0.05, 0) is 49.2 Å². The van der Waals surface area contributed by atoms with E-state index in [4.69, 9.17) is 23.8 Å². The van der Waals surface area contributed by atoms with Gasteiger partial charge >= 0.3 is 5.97 Å². The van der Waals surface area contributed by atoms with Crippen LogP contribution in [0.15, 0.2) is 40.9 Å². The van der Waals surface area contributed by atoms with E-state index in [1.807, 2.05) is 12.1 Å². The number of carboxylic acids is 1. The molecule has 1 heterocycles. The van der Waals surface area contributed by atoms with E-state index < -0.39 is 5.97 Å². The van der Waals surface area contributed by atoms with Gasteiger partial charge in [0.05, 0.1) is 18.9 Å². The number of ether oxygens (including phenoxy) is 3. The minimum Gasteiger partial charge on any atom is -0.493 e. The summed E-state index contributed by atoms with van der Waals surface area (Å²) in [6.45, 7) is 4.86. The summed E-state index contributed by atoms with van der Waals surface area (Å²) in [7, 11) is 0. The molecule has 0 amide bonds. The van der Waals surface area contributed by atoms with Crippen LogP contribution in [-0.2, 0) is 17.6 Å². The molecule has 1 aromatic heterocycles. The van der Waals surface area contributed by atoms with E-state index in [1.165, 1.54) is 0 Å². The monoisotopic (exact) mass is 413 g/mol. The van der Waals surface area contributed by atoms with Crippen molar-refractivity contribution in [3.63, 3.8) is 0 Å². The number of nitrogens with zero attached hydrogens (tertiary/aromatic N) is 1. The Morgan fingerprint density at radius 2 is 1.70 bits per heavy atom. The molecular formula is C23H27NO6. The van der Waals surface area contributed by atoms with E-state index in [-0.39, 0.29) is 6.61 Å². The van der Waals surface area contributed by atoms with Crippen molar-refractivity contribution in [3.8, 4) is 17.2 Å². The quantitative estimate of drug-likeness (QED) is 0.432. The van der Waals surface area contributed by atoms with Crippen molar-refractivity contribution in [2.24, 2.45) is 0 Å². The fraction of sp³-hybridized carbons (Fsp3) is 0.391. The molecule has 0 aliphatic carbocycles. The summed E-state index contributed by atoms with van der Waals surface area (Å²) in [5.41, 5.74) is 2.87. The Bertz CT molecular complexity index is 964. The van der Waals surface area contributed by atoms with Crippen LogP contribution in [0.25, 0.3) is 11.0 Å². The van der Waals surface area contributed by atoms with Gasteiger partial charge < -0.3 is 23.8 Å². The number of aryl methyl sites for hydroxylation is 2. The Hall–Kier alpha value is -3.22. The van der Waals surface area contributed by atoms with E-state index in [9.17, 15) is 4.79 Å². The molecular weight excluding hydrogens is 386 g/mol. The maximum absolute atomic E-state index is 10.5. The maximum Gasteiger partial charge on any atom is 0.341 e. The predicted octanol–water partition coefficient (Wildman–Crippen LogP) is 4.65. The zero-order chi connectivity index (χ0) is 21.3. The van der Waals surface area contributed by atoms with Gasteiger partial charge in [0, 0.05) is 17.4 Å². The summed E-state index contributed by atoms with van der Waals surface area (Å²) in [5.74, 6) is 1.01. The molecule has 30 heavy (non-hydrogen) atoms. The Kier molecular flexibility index (Phi) is 7.54. The molecule has 0 aliphatic heterocycles. The molecule has 0 radical (unpaired) electrons. The van der Waals surface area contributed by atoms with Crippen LogP contribution in [0.4, 0.5) is 0 Å². The molecule has 0 aliphatic rings. The lowest BCUT2D eigenvalue weighted by molar-refractivity contribution is -0.139. The number of carbonyl (C=O) groups is 1. The van der Waals surface area contributed by atoms with E-state index >= 15 is 0 Å². The molecule has 3 rings (SSSR count). The summed E-state index contributed by atoms with van der Waals surface area (Å²) in [4.78, 5) is 10.5. The number of benzene rings is 2. The first-order chi connectivity index (χ1) is 14.6. The first-order valence-corrected chi connectivity index (χ1v) is 10.2. The second-order valence-electron chi connectivity index (χ2n) is 6.86. The van der Waals surface area contributed by atoms with E-state index in [1.54, 1.807) is 24.3 Å². The molecule has 0 bridgehead atoms. The first kappa shape index (κ1) is 21.5. The van der Waals surface area contributed by atoms with Crippen molar-refractivity contribution in [3.05, 3.63) is 47.7 Å². The van der Waals surface area contributed by atoms with Gasteiger partial charge in [0.15, 0.2) is 12.2 Å². The zero-order valence-electron chi connectivity index (χ0n) is 17.3. The van der Waals surface area contributed by atoms with Gasteiger partial charge in [-0.1, -0.05) is 25.4 Å². The summed E-state index contributed by atoms with van der Waals surface area (Å²) in [6.07, 6.45) is 3.42. The topological polar surface area (TPSA) is 91.0 Å². The SMILES string of the molecule is CCCc1c(OCCCOc2ccc(OCC(=O)O)cc2)ccc2c(CC)noc12. The second kappa shape index (κ2) is 10.5. The van der Waals surface area contributed by atoms with E-state index in [0.29, 0.717) is 24.7 Å². The maximum atomic E-state index is 10.5. The number of aliphatic carboxylic acids is 1. The average molecular weight is 413 g/mol. The molecule has 0 spiro atoms. The first-order valence-electron chi connectivity index (χ1n) is 10.2. The number of hydrogen-bond acceptors (Lipinski definition) is 6. The molecule has 0 atom stereocenters. The Labute approximate surface area is 175 Å². The molecule has 2 aromatic carbocycles. The highest BCUT2D eigenvalue weighted by Crippen LogP contribution is 2.31. The fourth-order valence-electron chi connectivity index (χ4n) is 3.18. The molecule has 0 saturated carbocycles. The zero-order valence-corrected chi connectivity index (χ0v) is 17.3. The molecule has 0 saturated heterocycles. The average Bonchev–Trinajstić information content (AvgIpc) is 3.17. The van der Waals surface area contributed by atoms with Gasteiger partial charge in [-0.3, -0.25) is 0 Å². The van der Waals surface area contributed by atoms with E-state index in [0.717, 1.165) is 53.7 Å². The summed E-state index contributed by atoms with van der Waals surface area (Å²) < 4.78 is 22.4. The van der Waals surface area contributed by atoms with Crippen LogP contribution < -0.4 is 14.2 Å². The minimum absolute atomic E-state index is 0.364. The highest BCUT2D eigenvalue weighted by Gasteiger charge is 2.15. The van der Waals surface area contributed by atoms with Gasteiger partial charge in [-0.2, -0.15) is 0 Å².